The number of methoxy groups -OCH3 is 1. The Morgan fingerprint density at radius 2 is 2.07 bits per heavy atom. The molecule has 0 saturated carbocycles. The van der Waals surface area contributed by atoms with Crippen LogP contribution in [0.25, 0.3) is 0 Å². The van der Waals surface area contributed by atoms with Crippen molar-refractivity contribution in [2.45, 2.75) is 32.1 Å². The van der Waals surface area contributed by atoms with Crippen LogP contribution in [0, 0.1) is 12.7 Å². The molecule has 2 atom stereocenters. The Morgan fingerprint density at radius 1 is 1.30 bits per heavy atom. The maximum absolute atomic E-state index is 14.4. The minimum atomic E-state index is -0.525. The van der Waals surface area contributed by atoms with Crippen molar-refractivity contribution in [3.8, 4) is 11.5 Å². The van der Waals surface area contributed by atoms with Gasteiger partial charge in [0.25, 0.3) is 5.91 Å². The van der Waals surface area contributed by atoms with E-state index in [0.717, 1.165) is 5.56 Å². The van der Waals surface area contributed by atoms with Crippen molar-refractivity contribution in [2.75, 3.05) is 20.3 Å². The van der Waals surface area contributed by atoms with E-state index in [1.165, 1.54) is 7.11 Å². The van der Waals surface area contributed by atoms with E-state index >= 15 is 0 Å². The summed E-state index contributed by atoms with van der Waals surface area (Å²) in [6, 6.07) is 11.4. The Bertz CT molecular complexity index is 855. The second-order valence-electron chi connectivity index (χ2n) is 6.99. The topological polar surface area (TPSA) is 48.0 Å². The van der Waals surface area contributed by atoms with Crippen molar-refractivity contribution in [2.24, 2.45) is 0 Å². The second-order valence-corrected chi connectivity index (χ2v) is 6.99. The number of rotatable bonds is 4. The summed E-state index contributed by atoms with van der Waals surface area (Å²) in [4.78, 5) is 14.8. The van der Waals surface area contributed by atoms with E-state index in [4.69, 9.17) is 14.2 Å². The highest BCUT2D eigenvalue weighted by molar-refractivity contribution is 6.00. The van der Waals surface area contributed by atoms with E-state index in [9.17, 15) is 9.18 Å². The molecule has 6 heteroatoms. The number of aryl methyl sites for hydroxylation is 1. The molecule has 0 aliphatic carbocycles. The molecule has 0 unspecified atom stereocenters. The summed E-state index contributed by atoms with van der Waals surface area (Å²) in [6.07, 6.45) is 0.613. The summed E-state index contributed by atoms with van der Waals surface area (Å²) in [5.74, 6) is -0.465. The first kappa shape index (κ1) is 17.8. The average molecular weight is 371 g/mol. The summed E-state index contributed by atoms with van der Waals surface area (Å²) in [5.41, 5.74) is 1.64. The molecule has 4 rings (SSSR count). The van der Waals surface area contributed by atoms with Crippen molar-refractivity contribution in [1.29, 1.82) is 0 Å². The largest absolute Gasteiger partial charge is 0.493 e. The van der Waals surface area contributed by atoms with Crippen LogP contribution in [-0.2, 0) is 11.3 Å². The molecule has 2 heterocycles. The first-order chi connectivity index (χ1) is 13.1. The third kappa shape index (κ3) is 3.25. The first-order valence-electron chi connectivity index (χ1n) is 9.05. The smallest absolute Gasteiger partial charge is 0.261 e. The highest BCUT2D eigenvalue weighted by Crippen LogP contribution is 2.39. The molecule has 0 N–H and O–H groups in total. The molecular weight excluding hydrogens is 349 g/mol. The van der Waals surface area contributed by atoms with Gasteiger partial charge in [0.05, 0.1) is 25.9 Å². The minimum absolute atomic E-state index is 0.0516. The van der Waals surface area contributed by atoms with Crippen LogP contribution >= 0.6 is 0 Å². The van der Waals surface area contributed by atoms with Crippen molar-refractivity contribution >= 4 is 5.91 Å². The molecule has 2 aromatic rings. The fourth-order valence-corrected chi connectivity index (χ4v) is 3.76. The molecule has 142 valence electrons. The lowest BCUT2D eigenvalue weighted by atomic mass is 10.1. The lowest BCUT2D eigenvalue weighted by Gasteiger charge is -2.21. The van der Waals surface area contributed by atoms with Crippen LogP contribution in [0.1, 0.15) is 27.9 Å². The van der Waals surface area contributed by atoms with Gasteiger partial charge in [-0.05, 0) is 30.5 Å². The molecule has 27 heavy (non-hydrogen) atoms. The summed E-state index contributed by atoms with van der Waals surface area (Å²) < 4.78 is 31.5. The van der Waals surface area contributed by atoms with Crippen molar-refractivity contribution < 1.29 is 23.4 Å². The van der Waals surface area contributed by atoms with E-state index in [0.29, 0.717) is 37.5 Å². The number of benzene rings is 2. The molecule has 2 aliphatic rings. The lowest BCUT2D eigenvalue weighted by Crippen LogP contribution is -2.37. The van der Waals surface area contributed by atoms with Crippen LogP contribution in [0.3, 0.4) is 0 Å². The van der Waals surface area contributed by atoms with Crippen molar-refractivity contribution in [3.63, 3.8) is 0 Å². The third-order valence-electron chi connectivity index (χ3n) is 5.18. The zero-order valence-electron chi connectivity index (χ0n) is 15.4. The highest BCUT2D eigenvalue weighted by atomic mass is 19.1. The first-order valence-corrected chi connectivity index (χ1v) is 9.05. The molecule has 2 aromatic carbocycles. The van der Waals surface area contributed by atoms with E-state index in [1.807, 2.05) is 30.3 Å². The minimum Gasteiger partial charge on any atom is -0.493 e. The molecule has 1 amide bonds. The van der Waals surface area contributed by atoms with Gasteiger partial charge in [-0.2, -0.15) is 0 Å². The lowest BCUT2D eigenvalue weighted by molar-refractivity contribution is 0.0436. The monoisotopic (exact) mass is 371 g/mol. The Hall–Kier alpha value is -2.60. The van der Waals surface area contributed by atoms with Crippen LogP contribution in [0.2, 0.25) is 0 Å². The van der Waals surface area contributed by atoms with Gasteiger partial charge in [0.2, 0.25) is 0 Å². The van der Waals surface area contributed by atoms with Gasteiger partial charge in [-0.15, -0.1) is 0 Å². The third-order valence-corrected chi connectivity index (χ3v) is 5.18. The van der Waals surface area contributed by atoms with E-state index in [2.05, 4.69) is 0 Å². The zero-order chi connectivity index (χ0) is 19.0. The standard InChI is InChI=1S/C21H22FNO4/c1-13-8-17-18(20(25-2)19(13)22)21(24)23-10-16(9-15(23)12-27-17)26-11-14-6-4-3-5-7-14/h3-8,15-16H,9-12H2,1-2H3/t15-,16+/m1/s1. The number of hydrogen-bond donors (Lipinski definition) is 0. The van der Waals surface area contributed by atoms with Gasteiger partial charge in [0.15, 0.2) is 11.6 Å². The van der Waals surface area contributed by atoms with Gasteiger partial charge >= 0.3 is 0 Å². The van der Waals surface area contributed by atoms with Crippen molar-refractivity contribution in [1.82, 2.24) is 4.90 Å². The van der Waals surface area contributed by atoms with Crippen LogP contribution in [0.4, 0.5) is 4.39 Å². The maximum Gasteiger partial charge on any atom is 0.261 e. The van der Waals surface area contributed by atoms with Crippen LogP contribution < -0.4 is 9.47 Å². The van der Waals surface area contributed by atoms with E-state index < -0.39 is 5.82 Å². The number of halogens is 1. The van der Waals surface area contributed by atoms with Gasteiger partial charge in [-0.1, -0.05) is 30.3 Å². The molecule has 1 saturated heterocycles. The Morgan fingerprint density at radius 3 is 2.81 bits per heavy atom. The number of hydrogen-bond acceptors (Lipinski definition) is 4. The molecule has 5 nitrogen and oxygen atoms in total. The number of nitrogens with zero attached hydrogens (tertiary/aromatic N) is 1. The van der Waals surface area contributed by atoms with E-state index in [-0.39, 0.29) is 29.4 Å². The fraction of sp³-hybridized carbons (Fsp3) is 0.381. The Labute approximate surface area is 157 Å². The van der Waals surface area contributed by atoms with Gasteiger partial charge in [0.1, 0.15) is 17.9 Å². The molecular formula is C21H22FNO4. The summed E-state index contributed by atoms with van der Waals surface area (Å²) in [7, 11) is 1.36. The summed E-state index contributed by atoms with van der Waals surface area (Å²) in [5, 5.41) is 0. The number of carbonyl (C=O) groups is 1. The predicted molar refractivity (Wildman–Crippen MR) is 97.6 cm³/mol. The molecule has 0 aromatic heterocycles. The fourth-order valence-electron chi connectivity index (χ4n) is 3.76. The molecule has 1 fully saturated rings. The zero-order valence-corrected chi connectivity index (χ0v) is 15.4. The molecule has 0 spiro atoms. The summed E-state index contributed by atoms with van der Waals surface area (Å²) in [6.45, 7) is 2.94. The quantitative estimate of drug-likeness (QED) is 0.827. The SMILES string of the molecule is COc1c(F)c(C)cc2c1C(=O)N1C[C@@H](OCc3ccccc3)C[C@@H]1CO2. The van der Waals surface area contributed by atoms with Crippen LogP contribution in [0.15, 0.2) is 36.4 Å². The van der Waals surface area contributed by atoms with Gasteiger partial charge in [-0.25, -0.2) is 4.39 Å². The average Bonchev–Trinajstić information content (AvgIpc) is 3.05. The number of carbonyl (C=O) groups excluding carboxylic acids is 1. The number of ether oxygens (including phenoxy) is 3. The van der Waals surface area contributed by atoms with Crippen LogP contribution in [0.5, 0.6) is 11.5 Å². The Kier molecular flexibility index (Phi) is 4.74. The maximum atomic E-state index is 14.4. The summed E-state index contributed by atoms with van der Waals surface area (Å²) >= 11 is 0. The predicted octanol–water partition coefficient (Wildman–Crippen LogP) is 3.34. The molecule has 0 bridgehead atoms. The van der Waals surface area contributed by atoms with Gasteiger partial charge in [0, 0.05) is 6.54 Å². The van der Waals surface area contributed by atoms with Gasteiger partial charge < -0.3 is 19.1 Å². The normalized spacial score (nSPS) is 21.3. The Balaban J connectivity index is 1.54. The van der Waals surface area contributed by atoms with Crippen LogP contribution in [-0.4, -0.2) is 43.2 Å². The molecule has 2 aliphatic heterocycles. The highest BCUT2D eigenvalue weighted by Gasteiger charge is 2.41. The van der Waals surface area contributed by atoms with E-state index in [1.54, 1.807) is 17.9 Å². The number of amides is 1. The van der Waals surface area contributed by atoms with Crippen molar-refractivity contribution in [3.05, 3.63) is 58.9 Å². The second kappa shape index (κ2) is 7.19. The van der Waals surface area contributed by atoms with Gasteiger partial charge in [-0.3, -0.25) is 4.79 Å². The molecule has 0 radical (unpaired) electrons. The number of fused-ring (bicyclic) bond motifs is 2.